The highest BCUT2D eigenvalue weighted by Gasteiger charge is 2.30. The molecule has 0 saturated carbocycles. The fraction of sp³-hybridized carbons (Fsp3) is 0.529. The van der Waals surface area contributed by atoms with Gasteiger partial charge < -0.3 is 19.1 Å². The number of esters is 1. The number of rotatable bonds is 3. The summed E-state index contributed by atoms with van der Waals surface area (Å²) in [6.45, 7) is 3.43. The molecule has 0 aromatic heterocycles. The minimum atomic E-state index is -0.835. The molecule has 1 saturated heterocycles. The van der Waals surface area contributed by atoms with E-state index in [1.807, 2.05) is 6.07 Å². The first-order valence-electron chi connectivity index (χ1n) is 7.96. The largest absolute Gasteiger partial charge is 0.485 e. The number of likely N-dealkylation sites (tertiary alicyclic amines) is 1. The molecule has 6 heteroatoms. The second-order valence-electron chi connectivity index (χ2n) is 6.06. The van der Waals surface area contributed by atoms with Crippen molar-refractivity contribution >= 4 is 11.9 Å². The molecule has 1 aromatic rings. The van der Waals surface area contributed by atoms with Crippen molar-refractivity contribution in [3.8, 4) is 11.5 Å². The molecule has 2 unspecified atom stereocenters. The van der Waals surface area contributed by atoms with Crippen molar-refractivity contribution in [2.45, 2.75) is 25.9 Å². The van der Waals surface area contributed by atoms with Crippen LogP contribution in [0.5, 0.6) is 11.5 Å². The summed E-state index contributed by atoms with van der Waals surface area (Å²) >= 11 is 0. The molecule has 1 amide bonds. The van der Waals surface area contributed by atoms with E-state index in [2.05, 4.69) is 6.92 Å². The lowest BCUT2D eigenvalue weighted by atomic mass is 10.0. The maximum atomic E-state index is 12.1. The highest BCUT2D eigenvalue weighted by Crippen LogP contribution is 2.31. The van der Waals surface area contributed by atoms with E-state index in [0.29, 0.717) is 17.4 Å². The Morgan fingerprint density at radius 3 is 2.87 bits per heavy atom. The molecule has 1 fully saturated rings. The first kappa shape index (κ1) is 15.6. The number of carbonyl (C=O) groups is 2. The lowest BCUT2D eigenvalue weighted by Gasteiger charge is -2.31. The standard InChI is InChI=1S/C17H21NO5/c1-12-5-4-8-18(9-12)16(19)11-22-17(20)15-10-21-13-6-2-3-7-14(13)23-15/h2-3,6-7,12,15H,4-5,8-11H2,1H3. The lowest BCUT2D eigenvalue weighted by Crippen LogP contribution is -2.43. The topological polar surface area (TPSA) is 65.1 Å². The third-order valence-corrected chi connectivity index (χ3v) is 4.12. The number of nitrogens with zero attached hydrogens (tertiary/aromatic N) is 1. The normalized spacial score (nSPS) is 23.3. The summed E-state index contributed by atoms with van der Waals surface area (Å²) in [5, 5.41) is 0. The predicted octanol–water partition coefficient (Wildman–Crippen LogP) is 1.63. The Morgan fingerprint density at radius 1 is 1.30 bits per heavy atom. The third kappa shape index (κ3) is 3.75. The summed E-state index contributed by atoms with van der Waals surface area (Å²) in [6, 6.07) is 7.14. The number of benzene rings is 1. The SMILES string of the molecule is CC1CCCN(C(=O)COC(=O)C2COc3ccccc3O2)C1. The van der Waals surface area contributed by atoms with Gasteiger partial charge in [-0.1, -0.05) is 19.1 Å². The van der Waals surface area contributed by atoms with Crippen LogP contribution in [0.4, 0.5) is 0 Å². The number of ether oxygens (including phenoxy) is 3. The second-order valence-corrected chi connectivity index (χ2v) is 6.06. The van der Waals surface area contributed by atoms with Crippen LogP contribution in [-0.4, -0.2) is 49.2 Å². The molecular weight excluding hydrogens is 298 g/mol. The van der Waals surface area contributed by atoms with Gasteiger partial charge in [-0.25, -0.2) is 4.79 Å². The van der Waals surface area contributed by atoms with Crippen LogP contribution in [0.1, 0.15) is 19.8 Å². The van der Waals surface area contributed by atoms with Crippen molar-refractivity contribution < 1.29 is 23.8 Å². The van der Waals surface area contributed by atoms with Crippen LogP contribution in [0.25, 0.3) is 0 Å². The molecule has 1 aromatic carbocycles. The average Bonchev–Trinajstić information content (AvgIpc) is 2.59. The van der Waals surface area contributed by atoms with Gasteiger partial charge in [-0.3, -0.25) is 4.79 Å². The second kappa shape index (κ2) is 6.89. The van der Waals surface area contributed by atoms with Crippen molar-refractivity contribution in [2.24, 2.45) is 5.92 Å². The quantitative estimate of drug-likeness (QED) is 0.792. The summed E-state index contributed by atoms with van der Waals surface area (Å²) in [4.78, 5) is 25.9. The van der Waals surface area contributed by atoms with Gasteiger partial charge in [0.05, 0.1) is 0 Å². The molecule has 0 bridgehead atoms. The van der Waals surface area contributed by atoms with Gasteiger partial charge in [0.1, 0.15) is 6.61 Å². The Bertz CT molecular complexity index is 588. The highest BCUT2D eigenvalue weighted by atomic mass is 16.6. The van der Waals surface area contributed by atoms with Crippen molar-refractivity contribution in [1.82, 2.24) is 4.90 Å². The van der Waals surface area contributed by atoms with Crippen molar-refractivity contribution in [2.75, 3.05) is 26.3 Å². The van der Waals surface area contributed by atoms with E-state index in [4.69, 9.17) is 14.2 Å². The minimum Gasteiger partial charge on any atom is -0.485 e. The molecule has 3 rings (SSSR count). The molecule has 124 valence electrons. The molecular formula is C17H21NO5. The molecule has 2 heterocycles. The monoisotopic (exact) mass is 319 g/mol. The molecule has 0 spiro atoms. The summed E-state index contributed by atoms with van der Waals surface area (Å²) in [6.07, 6.45) is 1.30. The maximum Gasteiger partial charge on any atom is 0.351 e. The smallest absolute Gasteiger partial charge is 0.351 e. The Labute approximate surface area is 135 Å². The molecule has 0 radical (unpaired) electrons. The summed E-state index contributed by atoms with van der Waals surface area (Å²) in [7, 11) is 0. The Hall–Kier alpha value is -2.24. The van der Waals surface area contributed by atoms with E-state index in [0.717, 1.165) is 25.9 Å². The van der Waals surface area contributed by atoms with Crippen LogP contribution >= 0.6 is 0 Å². The number of fused-ring (bicyclic) bond motifs is 1. The Morgan fingerprint density at radius 2 is 2.09 bits per heavy atom. The number of hydrogen-bond donors (Lipinski definition) is 0. The van der Waals surface area contributed by atoms with Gasteiger partial charge in [-0.05, 0) is 30.9 Å². The van der Waals surface area contributed by atoms with Crippen molar-refractivity contribution in [1.29, 1.82) is 0 Å². The van der Waals surface area contributed by atoms with Gasteiger partial charge in [-0.2, -0.15) is 0 Å². The fourth-order valence-electron chi connectivity index (χ4n) is 2.87. The molecule has 2 atom stereocenters. The Kier molecular flexibility index (Phi) is 4.69. The van der Waals surface area contributed by atoms with E-state index in [1.165, 1.54) is 0 Å². The number of carbonyl (C=O) groups excluding carboxylic acids is 2. The van der Waals surface area contributed by atoms with Crippen LogP contribution in [0.2, 0.25) is 0 Å². The number of hydrogen-bond acceptors (Lipinski definition) is 5. The average molecular weight is 319 g/mol. The van der Waals surface area contributed by atoms with Crippen LogP contribution in [0, 0.1) is 5.92 Å². The zero-order chi connectivity index (χ0) is 16.2. The van der Waals surface area contributed by atoms with Crippen molar-refractivity contribution in [3.63, 3.8) is 0 Å². The zero-order valence-corrected chi connectivity index (χ0v) is 13.2. The van der Waals surface area contributed by atoms with Crippen LogP contribution in [-0.2, 0) is 14.3 Å². The van der Waals surface area contributed by atoms with Gasteiger partial charge >= 0.3 is 5.97 Å². The van der Waals surface area contributed by atoms with Gasteiger partial charge in [0.25, 0.3) is 5.91 Å². The van der Waals surface area contributed by atoms with E-state index in [9.17, 15) is 9.59 Å². The van der Waals surface area contributed by atoms with Gasteiger partial charge in [0.15, 0.2) is 18.1 Å². The van der Waals surface area contributed by atoms with E-state index >= 15 is 0 Å². The number of piperidine rings is 1. The summed E-state index contributed by atoms with van der Waals surface area (Å²) in [5.41, 5.74) is 0. The van der Waals surface area contributed by atoms with Crippen LogP contribution in [0.15, 0.2) is 24.3 Å². The minimum absolute atomic E-state index is 0.0881. The molecule has 23 heavy (non-hydrogen) atoms. The first-order chi connectivity index (χ1) is 11.1. The van der Waals surface area contributed by atoms with E-state index < -0.39 is 12.1 Å². The molecule has 0 aliphatic carbocycles. The number of para-hydroxylation sites is 2. The van der Waals surface area contributed by atoms with Gasteiger partial charge in [-0.15, -0.1) is 0 Å². The third-order valence-electron chi connectivity index (χ3n) is 4.12. The number of amides is 1. The lowest BCUT2D eigenvalue weighted by molar-refractivity contribution is -0.160. The molecule has 6 nitrogen and oxygen atoms in total. The fourth-order valence-corrected chi connectivity index (χ4v) is 2.87. The maximum absolute atomic E-state index is 12.1. The molecule has 2 aliphatic rings. The highest BCUT2D eigenvalue weighted by molar-refractivity contribution is 5.82. The van der Waals surface area contributed by atoms with Crippen LogP contribution in [0.3, 0.4) is 0 Å². The summed E-state index contributed by atoms with van der Waals surface area (Å²) < 4.78 is 16.1. The van der Waals surface area contributed by atoms with Gasteiger partial charge in [0, 0.05) is 13.1 Å². The molecule has 0 N–H and O–H groups in total. The van der Waals surface area contributed by atoms with E-state index in [1.54, 1.807) is 23.1 Å². The zero-order valence-electron chi connectivity index (χ0n) is 13.2. The summed E-state index contributed by atoms with van der Waals surface area (Å²) in [5.74, 6) is 0.890. The first-order valence-corrected chi connectivity index (χ1v) is 7.96. The predicted molar refractivity (Wildman–Crippen MR) is 82.3 cm³/mol. The molecule has 2 aliphatic heterocycles. The Balaban J connectivity index is 1.49. The van der Waals surface area contributed by atoms with Crippen molar-refractivity contribution in [3.05, 3.63) is 24.3 Å². The van der Waals surface area contributed by atoms with E-state index in [-0.39, 0.29) is 19.1 Å². The van der Waals surface area contributed by atoms with Crippen LogP contribution < -0.4 is 9.47 Å². The van der Waals surface area contributed by atoms with Gasteiger partial charge in [0.2, 0.25) is 6.10 Å².